The zero-order valence-electron chi connectivity index (χ0n) is 17.0. The fraction of sp³-hybridized carbons (Fsp3) is 0. The van der Waals surface area contributed by atoms with Crippen LogP contribution in [0.15, 0.2) is 121 Å². The summed E-state index contributed by atoms with van der Waals surface area (Å²) in [7, 11) is 0. The van der Waals surface area contributed by atoms with Gasteiger partial charge in [-0.05, 0) is 44.6 Å². The van der Waals surface area contributed by atoms with Crippen LogP contribution in [0.4, 0.5) is 11.4 Å². The van der Waals surface area contributed by atoms with Gasteiger partial charge in [0.25, 0.3) is 0 Å². The van der Waals surface area contributed by atoms with Gasteiger partial charge in [0.1, 0.15) is 0 Å². The van der Waals surface area contributed by atoms with Crippen LogP contribution in [-0.4, -0.2) is 0 Å². The van der Waals surface area contributed by atoms with Gasteiger partial charge >= 0.3 is 0 Å². The van der Waals surface area contributed by atoms with Gasteiger partial charge in [-0.2, -0.15) is 0 Å². The Bertz CT molecular complexity index is 1560. The first-order valence-electron chi connectivity index (χ1n) is 10.6. The maximum Gasteiger partial charge on any atom is 0.0470 e. The number of fused-ring (bicyclic) bond motifs is 4. The number of benzene rings is 6. The van der Waals surface area contributed by atoms with Crippen LogP contribution in [0.25, 0.3) is 43.4 Å². The van der Waals surface area contributed by atoms with Crippen LogP contribution in [0, 0.1) is 0 Å². The van der Waals surface area contributed by atoms with Crippen molar-refractivity contribution in [3.63, 3.8) is 0 Å². The van der Waals surface area contributed by atoms with Gasteiger partial charge in [0.15, 0.2) is 0 Å². The topological polar surface area (TPSA) is 12.0 Å². The molecule has 0 heterocycles. The number of hydrogen-bond donors (Lipinski definition) is 1. The molecule has 0 spiro atoms. The fourth-order valence-electron chi connectivity index (χ4n) is 4.59. The van der Waals surface area contributed by atoms with Gasteiger partial charge in [-0.3, -0.25) is 0 Å². The van der Waals surface area contributed by atoms with Gasteiger partial charge in [-0.15, -0.1) is 0 Å². The molecule has 0 amide bonds. The smallest absolute Gasteiger partial charge is 0.0470 e. The van der Waals surface area contributed by atoms with Gasteiger partial charge in [0.05, 0.1) is 0 Å². The summed E-state index contributed by atoms with van der Waals surface area (Å²) in [6.07, 6.45) is 0. The zero-order chi connectivity index (χ0) is 20.6. The highest BCUT2D eigenvalue weighted by atomic mass is 14.9. The molecule has 0 unspecified atom stereocenters. The number of para-hydroxylation sites is 1. The predicted molar refractivity (Wildman–Crippen MR) is 134 cm³/mol. The van der Waals surface area contributed by atoms with Crippen molar-refractivity contribution in [3.8, 4) is 11.1 Å². The van der Waals surface area contributed by atoms with Gasteiger partial charge < -0.3 is 5.32 Å². The number of rotatable bonds is 3. The summed E-state index contributed by atoms with van der Waals surface area (Å²) in [6, 6.07) is 43.2. The summed E-state index contributed by atoms with van der Waals surface area (Å²) in [4.78, 5) is 0. The average Bonchev–Trinajstić information content (AvgIpc) is 2.84. The molecule has 1 N–H and O–H groups in total. The van der Waals surface area contributed by atoms with Crippen LogP contribution < -0.4 is 5.32 Å². The molecule has 1 heteroatoms. The summed E-state index contributed by atoms with van der Waals surface area (Å²) >= 11 is 0. The van der Waals surface area contributed by atoms with E-state index in [9.17, 15) is 0 Å². The van der Waals surface area contributed by atoms with Crippen LogP contribution in [0.1, 0.15) is 0 Å². The first-order valence-corrected chi connectivity index (χ1v) is 10.6. The van der Waals surface area contributed by atoms with Crippen molar-refractivity contribution in [1.82, 2.24) is 0 Å². The molecule has 6 aromatic rings. The molecule has 0 aromatic heterocycles. The molecule has 6 aromatic carbocycles. The molecule has 0 aliphatic rings. The normalized spacial score (nSPS) is 11.2. The van der Waals surface area contributed by atoms with Gasteiger partial charge in [0, 0.05) is 22.3 Å². The van der Waals surface area contributed by atoms with Crippen molar-refractivity contribution in [2.45, 2.75) is 0 Å². The fourth-order valence-corrected chi connectivity index (χ4v) is 4.59. The molecule has 0 saturated carbocycles. The van der Waals surface area contributed by atoms with E-state index in [0.29, 0.717) is 0 Å². The lowest BCUT2D eigenvalue weighted by Crippen LogP contribution is -1.95. The molecule has 146 valence electrons. The summed E-state index contributed by atoms with van der Waals surface area (Å²) in [6.45, 7) is 0. The molecule has 0 radical (unpaired) electrons. The lowest BCUT2D eigenvalue weighted by Gasteiger charge is -2.17. The second-order valence-corrected chi connectivity index (χ2v) is 7.89. The van der Waals surface area contributed by atoms with Crippen molar-refractivity contribution < 1.29 is 0 Å². The van der Waals surface area contributed by atoms with E-state index in [0.717, 1.165) is 11.4 Å². The molecule has 0 atom stereocenters. The maximum absolute atomic E-state index is 3.77. The lowest BCUT2D eigenvalue weighted by atomic mass is 9.96. The minimum absolute atomic E-state index is 1.11. The van der Waals surface area contributed by atoms with E-state index in [2.05, 4.69) is 127 Å². The van der Waals surface area contributed by atoms with E-state index < -0.39 is 0 Å². The van der Waals surface area contributed by atoms with Crippen LogP contribution in [0.2, 0.25) is 0 Å². The van der Waals surface area contributed by atoms with Crippen molar-refractivity contribution in [1.29, 1.82) is 0 Å². The van der Waals surface area contributed by atoms with Crippen LogP contribution in [0.3, 0.4) is 0 Å². The van der Waals surface area contributed by atoms with E-state index in [1.165, 1.54) is 43.4 Å². The van der Waals surface area contributed by atoms with Crippen molar-refractivity contribution >= 4 is 43.7 Å². The second-order valence-electron chi connectivity index (χ2n) is 7.89. The van der Waals surface area contributed by atoms with E-state index in [-0.39, 0.29) is 0 Å². The highest BCUT2D eigenvalue weighted by molar-refractivity contribution is 6.14. The molecule has 0 aliphatic heterocycles. The number of hydrogen-bond acceptors (Lipinski definition) is 1. The minimum atomic E-state index is 1.11. The number of nitrogens with one attached hydrogen (secondary N) is 1. The summed E-state index contributed by atoms with van der Waals surface area (Å²) in [5.74, 6) is 0. The van der Waals surface area contributed by atoms with Crippen molar-refractivity contribution in [2.24, 2.45) is 0 Å². The third-order valence-electron chi connectivity index (χ3n) is 6.04. The Kier molecular flexibility index (Phi) is 4.18. The summed E-state index contributed by atoms with van der Waals surface area (Å²) < 4.78 is 0. The van der Waals surface area contributed by atoms with Gasteiger partial charge in [-0.25, -0.2) is 0 Å². The van der Waals surface area contributed by atoms with Crippen LogP contribution in [0.5, 0.6) is 0 Å². The Hall–Kier alpha value is -4.10. The molecule has 0 aliphatic carbocycles. The third kappa shape index (κ3) is 3.03. The Morgan fingerprint density at radius 2 is 0.935 bits per heavy atom. The quantitative estimate of drug-likeness (QED) is 0.296. The highest BCUT2D eigenvalue weighted by Gasteiger charge is 2.11. The monoisotopic (exact) mass is 395 g/mol. The number of anilines is 2. The second kappa shape index (κ2) is 7.30. The zero-order valence-corrected chi connectivity index (χ0v) is 17.0. The standard InChI is InChI=1S/C30H21N/c1-3-13-23-21(10-1)12-9-18-26(23)27-16-7-8-19-29(27)31-30-20-22-11-2-4-14-24(22)25-15-5-6-17-28(25)30/h1-20,31H. The molecule has 0 fully saturated rings. The van der Waals surface area contributed by atoms with E-state index in [1.807, 2.05) is 0 Å². The molecule has 31 heavy (non-hydrogen) atoms. The molecule has 1 nitrogen and oxygen atoms in total. The Morgan fingerprint density at radius 1 is 0.355 bits per heavy atom. The van der Waals surface area contributed by atoms with Crippen LogP contribution >= 0.6 is 0 Å². The largest absolute Gasteiger partial charge is 0.354 e. The Balaban J connectivity index is 1.56. The highest BCUT2D eigenvalue weighted by Crippen LogP contribution is 2.38. The molecule has 0 saturated heterocycles. The molecule has 0 bridgehead atoms. The van der Waals surface area contributed by atoms with Crippen molar-refractivity contribution in [2.75, 3.05) is 5.32 Å². The first-order chi connectivity index (χ1) is 15.4. The van der Waals surface area contributed by atoms with E-state index in [1.54, 1.807) is 0 Å². The first kappa shape index (κ1) is 17.7. The van der Waals surface area contributed by atoms with E-state index >= 15 is 0 Å². The Labute approximate surface area is 181 Å². The predicted octanol–water partition coefficient (Wildman–Crippen LogP) is 8.56. The SMILES string of the molecule is c1ccc(-c2cccc3ccccc23)c(Nc2cc3ccccc3c3ccccc23)c1. The molecular formula is C30H21N. The summed E-state index contributed by atoms with van der Waals surface area (Å²) in [5.41, 5.74) is 4.68. The van der Waals surface area contributed by atoms with Crippen LogP contribution in [-0.2, 0) is 0 Å². The molecule has 6 rings (SSSR count). The Morgan fingerprint density at radius 3 is 1.81 bits per heavy atom. The van der Waals surface area contributed by atoms with E-state index in [4.69, 9.17) is 0 Å². The van der Waals surface area contributed by atoms with Gasteiger partial charge in [-0.1, -0.05) is 109 Å². The third-order valence-corrected chi connectivity index (χ3v) is 6.04. The summed E-state index contributed by atoms with van der Waals surface area (Å²) in [5, 5.41) is 11.3. The maximum atomic E-state index is 3.77. The molecular weight excluding hydrogens is 374 g/mol. The lowest BCUT2D eigenvalue weighted by molar-refractivity contribution is 1.57. The van der Waals surface area contributed by atoms with Crippen molar-refractivity contribution in [3.05, 3.63) is 121 Å². The average molecular weight is 396 g/mol. The minimum Gasteiger partial charge on any atom is -0.354 e. The van der Waals surface area contributed by atoms with Gasteiger partial charge in [0.2, 0.25) is 0 Å².